The Bertz CT molecular complexity index is 688. The fraction of sp³-hybridized carbons (Fsp3) is 0.308. The zero-order chi connectivity index (χ0) is 15.1. The Morgan fingerprint density at radius 3 is 2.45 bits per heavy atom. The van der Waals surface area contributed by atoms with Crippen LogP contribution in [-0.4, -0.2) is 9.78 Å². The van der Waals surface area contributed by atoms with Gasteiger partial charge in [-0.1, -0.05) is 17.7 Å². The van der Waals surface area contributed by atoms with E-state index in [2.05, 4.69) is 5.10 Å². The van der Waals surface area contributed by atoms with Crippen LogP contribution in [0.1, 0.15) is 29.8 Å². The van der Waals surface area contributed by atoms with Gasteiger partial charge >= 0.3 is 6.18 Å². The van der Waals surface area contributed by atoms with E-state index >= 15 is 0 Å². The van der Waals surface area contributed by atoms with Crippen molar-refractivity contribution in [3.05, 3.63) is 56.5 Å². The lowest BCUT2D eigenvalue weighted by atomic mass is 10.0. The lowest BCUT2D eigenvalue weighted by Gasteiger charge is -2.16. The van der Waals surface area contributed by atoms with Gasteiger partial charge in [-0.05, 0) is 31.5 Å². The van der Waals surface area contributed by atoms with Crippen LogP contribution in [0.4, 0.5) is 13.2 Å². The van der Waals surface area contributed by atoms with E-state index in [-0.39, 0.29) is 10.6 Å². The van der Waals surface area contributed by atoms with Crippen molar-refractivity contribution >= 4 is 11.6 Å². The van der Waals surface area contributed by atoms with Gasteiger partial charge in [-0.3, -0.25) is 9.89 Å². The molecular formula is C13H12ClF3N2O. The zero-order valence-electron chi connectivity index (χ0n) is 10.8. The van der Waals surface area contributed by atoms with Crippen LogP contribution in [0.25, 0.3) is 0 Å². The molecule has 1 aromatic heterocycles. The van der Waals surface area contributed by atoms with Gasteiger partial charge in [0.1, 0.15) is 0 Å². The van der Waals surface area contributed by atoms with Crippen molar-refractivity contribution < 1.29 is 13.2 Å². The largest absolute Gasteiger partial charge is 0.417 e. The number of benzene rings is 1. The van der Waals surface area contributed by atoms with Crippen molar-refractivity contribution in [1.82, 2.24) is 9.78 Å². The highest BCUT2D eigenvalue weighted by Crippen LogP contribution is 2.36. The Kier molecular flexibility index (Phi) is 3.69. The van der Waals surface area contributed by atoms with Crippen molar-refractivity contribution in [2.24, 2.45) is 0 Å². The van der Waals surface area contributed by atoms with Crippen LogP contribution in [0.5, 0.6) is 0 Å². The predicted molar refractivity (Wildman–Crippen MR) is 70.1 cm³/mol. The van der Waals surface area contributed by atoms with Gasteiger partial charge in [-0.2, -0.15) is 13.2 Å². The molecule has 0 spiro atoms. The Labute approximate surface area is 118 Å². The first-order chi connectivity index (χ1) is 9.20. The molecule has 1 aromatic carbocycles. The molecule has 0 saturated heterocycles. The molecule has 0 aliphatic carbocycles. The number of aromatic nitrogens is 2. The van der Waals surface area contributed by atoms with Crippen molar-refractivity contribution in [3.63, 3.8) is 0 Å². The first-order valence-corrected chi connectivity index (χ1v) is 6.22. The average Bonchev–Trinajstić information content (AvgIpc) is 2.66. The fourth-order valence-electron chi connectivity index (χ4n) is 1.99. The number of H-pyrrole nitrogens is 1. The zero-order valence-corrected chi connectivity index (χ0v) is 11.5. The molecule has 0 aliphatic rings. The maximum absolute atomic E-state index is 12.8. The van der Waals surface area contributed by atoms with Crippen LogP contribution in [0.3, 0.4) is 0 Å². The number of alkyl halides is 3. The molecule has 0 amide bonds. The van der Waals surface area contributed by atoms with Gasteiger partial charge in [0.25, 0.3) is 5.56 Å². The molecule has 1 heterocycles. The van der Waals surface area contributed by atoms with E-state index in [1.54, 1.807) is 13.8 Å². The highest BCUT2D eigenvalue weighted by Gasteiger charge is 2.33. The Balaban J connectivity index is 2.48. The van der Waals surface area contributed by atoms with Crippen LogP contribution < -0.4 is 5.56 Å². The van der Waals surface area contributed by atoms with Crippen LogP contribution in [0, 0.1) is 6.92 Å². The summed E-state index contributed by atoms with van der Waals surface area (Å²) in [5.74, 6) is 0. The maximum Gasteiger partial charge on any atom is 0.417 e. The maximum atomic E-state index is 12.8. The second kappa shape index (κ2) is 5.01. The first kappa shape index (κ1) is 14.7. The molecule has 1 unspecified atom stereocenters. The number of aryl methyl sites for hydroxylation is 1. The van der Waals surface area contributed by atoms with Crippen molar-refractivity contribution in [2.75, 3.05) is 0 Å². The van der Waals surface area contributed by atoms with E-state index in [1.165, 1.54) is 22.9 Å². The summed E-state index contributed by atoms with van der Waals surface area (Å²) in [5.41, 5.74) is -0.198. The molecule has 2 rings (SSSR count). The van der Waals surface area contributed by atoms with Gasteiger partial charge in [0, 0.05) is 11.8 Å². The van der Waals surface area contributed by atoms with Crippen LogP contribution in [0.2, 0.25) is 5.02 Å². The first-order valence-electron chi connectivity index (χ1n) is 5.85. The topological polar surface area (TPSA) is 37.8 Å². The van der Waals surface area contributed by atoms with E-state index in [0.717, 1.165) is 6.07 Å². The molecule has 1 N–H and O–H groups in total. The highest BCUT2D eigenvalue weighted by atomic mass is 35.5. The standard InChI is InChI=1S/C13H12ClF3N2O/c1-7-5-12(20)19(18-7)8(2)9-3-4-11(14)10(6-9)13(15,16)17/h3-6,8,18H,1-2H3. The average molecular weight is 305 g/mol. The third-order valence-corrected chi connectivity index (χ3v) is 3.37. The summed E-state index contributed by atoms with van der Waals surface area (Å²) in [4.78, 5) is 11.7. The number of nitrogens with one attached hydrogen (secondary N) is 1. The predicted octanol–water partition coefficient (Wildman–Crippen LogP) is 3.77. The minimum Gasteiger partial charge on any atom is -0.299 e. The number of rotatable bonds is 2. The van der Waals surface area contributed by atoms with E-state index in [4.69, 9.17) is 11.6 Å². The van der Waals surface area contributed by atoms with Crippen molar-refractivity contribution in [3.8, 4) is 0 Å². The molecule has 0 fully saturated rings. The normalized spacial score (nSPS) is 13.5. The Morgan fingerprint density at radius 1 is 1.30 bits per heavy atom. The number of nitrogens with zero attached hydrogens (tertiary/aromatic N) is 1. The van der Waals surface area contributed by atoms with Gasteiger partial charge < -0.3 is 0 Å². The molecule has 7 heteroatoms. The summed E-state index contributed by atoms with van der Waals surface area (Å²) < 4.78 is 39.7. The molecule has 108 valence electrons. The Hall–Kier alpha value is -1.69. The number of aromatic amines is 1. The smallest absolute Gasteiger partial charge is 0.299 e. The van der Waals surface area contributed by atoms with Gasteiger partial charge in [0.05, 0.1) is 16.6 Å². The van der Waals surface area contributed by atoms with Gasteiger partial charge in [-0.25, -0.2) is 4.68 Å². The molecule has 20 heavy (non-hydrogen) atoms. The lowest BCUT2D eigenvalue weighted by molar-refractivity contribution is -0.137. The summed E-state index contributed by atoms with van der Waals surface area (Å²) in [6.07, 6.45) is -4.52. The van der Waals surface area contributed by atoms with E-state index in [1.807, 2.05) is 0 Å². The molecule has 0 saturated carbocycles. The summed E-state index contributed by atoms with van der Waals surface area (Å²) in [6.45, 7) is 3.34. The van der Waals surface area contributed by atoms with Crippen LogP contribution in [0.15, 0.2) is 29.1 Å². The summed E-state index contributed by atoms with van der Waals surface area (Å²) >= 11 is 5.57. The minimum absolute atomic E-state index is 0.293. The molecule has 2 aromatic rings. The summed E-state index contributed by atoms with van der Waals surface area (Å²) in [7, 11) is 0. The molecule has 0 radical (unpaired) electrons. The van der Waals surface area contributed by atoms with Gasteiger partial charge in [0.15, 0.2) is 0 Å². The molecular weight excluding hydrogens is 293 g/mol. The SMILES string of the molecule is Cc1cc(=O)n(C(C)c2ccc(Cl)c(C(F)(F)F)c2)[nH]1. The summed E-state index contributed by atoms with van der Waals surface area (Å²) in [5, 5.41) is 2.45. The Morgan fingerprint density at radius 2 is 1.95 bits per heavy atom. The fourth-order valence-corrected chi connectivity index (χ4v) is 2.21. The molecule has 0 aliphatic heterocycles. The minimum atomic E-state index is -4.52. The highest BCUT2D eigenvalue weighted by molar-refractivity contribution is 6.31. The monoisotopic (exact) mass is 304 g/mol. The third-order valence-electron chi connectivity index (χ3n) is 3.04. The molecule has 1 atom stereocenters. The summed E-state index contributed by atoms with van der Waals surface area (Å²) in [6, 6.07) is 4.48. The second-order valence-electron chi connectivity index (χ2n) is 4.56. The van der Waals surface area contributed by atoms with E-state index in [9.17, 15) is 18.0 Å². The number of hydrogen-bond acceptors (Lipinski definition) is 1. The third kappa shape index (κ3) is 2.75. The van der Waals surface area contributed by atoms with Crippen molar-refractivity contribution in [2.45, 2.75) is 26.1 Å². The quantitative estimate of drug-likeness (QED) is 0.901. The van der Waals surface area contributed by atoms with E-state index in [0.29, 0.717) is 11.3 Å². The van der Waals surface area contributed by atoms with Crippen LogP contribution in [-0.2, 0) is 6.18 Å². The van der Waals surface area contributed by atoms with Crippen molar-refractivity contribution in [1.29, 1.82) is 0 Å². The lowest BCUT2D eigenvalue weighted by Crippen LogP contribution is -2.21. The van der Waals surface area contributed by atoms with Gasteiger partial charge in [-0.15, -0.1) is 0 Å². The molecule has 3 nitrogen and oxygen atoms in total. The molecule has 0 bridgehead atoms. The number of hydrogen-bond donors (Lipinski definition) is 1. The van der Waals surface area contributed by atoms with Crippen LogP contribution >= 0.6 is 11.6 Å². The second-order valence-corrected chi connectivity index (χ2v) is 4.97. The number of halogens is 4. The van der Waals surface area contributed by atoms with Gasteiger partial charge in [0.2, 0.25) is 0 Å². The van der Waals surface area contributed by atoms with E-state index < -0.39 is 17.8 Å².